The summed E-state index contributed by atoms with van der Waals surface area (Å²) in [4.78, 5) is 2.17. The molecular formula is C9H19N3. The van der Waals surface area contributed by atoms with Gasteiger partial charge in [-0.1, -0.05) is 20.8 Å². The molecule has 0 radical (unpaired) electrons. The van der Waals surface area contributed by atoms with Crippen molar-refractivity contribution in [2.45, 2.75) is 33.9 Å². The number of rotatable bonds is 1. The van der Waals surface area contributed by atoms with Gasteiger partial charge in [0, 0.05) is 19.0 Å². The molecular weight excluding hydrogens is 150 g/mol. The fraction of sp³-hybridized carbons (Fsp3) is 0.889. The quantitative estimate of drug-likeness (QED) is 0.593. The van der Waals surface area contributed by atoms with Crippen LogP contribution in [-0.2, 0) is 0 Å². The fourth-order valence-electron chi connectivity index (χ4n) is 1.80. The first-order chi connectivity index (χ1) is 5.46. The van der Waals surface area contributed by atoms with E-state index in [9.17, 15) is 0 Å². The van der Waals surface area contributed by atoms with Gasteiger partial charge in [-0.15, -0.1) is 0 Å². The average Bonchev–Trinajstić information content (AvgIpc) is 2.29. The van der Waals surface area contributed by atoms with Crippen molar-refractivity contribution in [1.29, 1.82) is 0 Å². The first-order valence-electron chi connectivity index (χ1n) is 4.49. The predicted octanol–water partition coefficient (Wildman–Crippen LogP) is 1.57. The Morgan fingerprint density at radius 1 is 1.42 bits per heavy atom. The van der Waals surface area contributed by atoms with E-state index in [-0.39, 0.29) is 5.41 Å². The van der Waals surface area contributed by atoms with Crippen LogP contribution in [-0.4, -0.2) is 36.0 Å². The van der Waals surface area contributed by atoms with Crippen LogP contribution in [0.2, 0.25) is 0 Å². The minimum Gasteiger partial charge on any atom is -0.342 e. The van der Waals surface area contributed by atoms with Crippen molar-refractivity contribution in [1.82, 2.24) is 9.91 Å². The molecule has 1 aliphatic rings. The van der Waals surface area contributed by atoms with Gasteiger partial charge in [0.15, 0.2) is 0 Å². The van der Waals surface area contributed by atoms with Crippen LogP contribution < -0.4 is 0 Å². The Hall–Kier alpha value is -0.730. The van der Waals surface area contributed by atoms with Crippen LogP contribution in [0.25, 0.3) is 0 Å². The number of hydrogen-bond donors (Lipinski definition) is 0. The van der Waals surface area contributed by atoms with Crippen molar-refractivity contribution in [3.63, 3.8) is 0 Å². The van der Waals surface area contributed by atoms with E-state index < -0.39 is 0 Å². The molecule has 1 aliphatic heterocycles. The van der Waals surface area contributed by atoms with Gasteiger partial charge in [-0.05, 0) is 6.92 Å². The molecule has 1 atom stereocenters. The summed E-state index contributed by atoms with van der Waals surface area (Å²) in [7, 11) is 2.08. The normalized spacial score (nSPS) is 23.9. The Balaban J connectivity index is 2.75. The molecule has 1 heterocycles. The lowest BCUT2D eigenvalue weighted by Gasteiger charge is -2.37. The van der Waals surface area contributed by atoms with Gasteiger partial charge >= 0.3 is 0 Å². The van der Waals surface area contributed by atoms with Crippen LogP contribution in [0.15, 0.2) is 5.10 Å². The lowest BCUT2D eigenvalue weighted by atomic mass is 9.91. The predicted molar refractivity (Wildman–Crippen MR) is 51.9 cm³/mol. The van der Waals surface area contributed by atoms with E-state index in [4.69, 9.17) is 0 Å². The van der Waals surface area contributed by atoms with Gasteiger partial charge in [0.2, 0.25) is 0 Å². The Morgan fingerprint density at radius 3 is 2.33 bits per heavy atom. The van der Waals surface area contributed by atoms with Crippen molar-refractivity contribution in [2.75, 3.05) is 13.6 Å². The summed E-state index contributed by atoms with van der Waals surface area (Å²) in [5, 5.41) is 6.44. The molecule has 0 N–H and O–H groups in total. The van der Waals surface area contributed by atoms with Crippen LogP contribution in [0.3, 0.4) is 0 Å². The molecule has 0 fully saturated rings. The Labute approximate surface area is 75.0 Å². The van der Waals surface area contributed by atoms with Crippen LogP contribution in [0.1, 0.15) is 27.7 Å². The summed E-state index contributed by atoms with van der Waals surface area (Å²) < 4.78 is 0. The van der Waals surface area contributed by atoms with E-state index >= 15 is 0 Å². The monoisotopic (exact) mass is 169 g/mol. The summed E-state index contributed by atoms with van der Waals surface area (Å²) in [6, 6.07) is 0. The standard InChI is InChI=1S/C9H19N3/c1-6-12-8(9(2,3)4)11(5)7-10-12/h7-8H,6H2,1-5H3. The third-order valence-electron chi connectivity index (χ3n) is 2.15. The maximum absolute atomic E-state index is 4.32. The third kappa shape index (κ3) is 1.54. The molecule has 0 saturated heterocycles. The summed E-state index contributed by atoms with van der Waals surface area (Å²) in [6.07, 6.45) is 2.31. The lowest BCUT2D eigenvalue weighted by Crippen LogP contribution is -2.46. The van der Waals surface area contributed by atoms with Gasteiger partial charge < -0.3 is 4.90 Å². The second-order valence-electron chi connectivity index (χ2n) is 4.39. The number of hydrazone groups is 1. The molecule has 12 heavy (non-hydrogen) atoms. The average molecular weight is 169 g/mol. The van der Waals surface area contributed by atoms with Crippen molar-refractivity contribution < 1.29 is 0 Å². The van der Waals surface area contributed by atoms with Gasteiger partial charge in [-0.2, -0.15) is 5.10 Å². The molecule has 0 aromatic carbocycles. The molecule has 3 nitrogen and oxygen atoms in total. The zero-order valence-corrected chi connectivity index (χ0v) is 8.70. The molecule has 1 rings (SSSR count). The Bertz CT molecular complexity index is 181. The molecule has 0 aliphatic carbocycles. The van der Waals surface area contributed by atoms with E-state index in [1.165, 1.54) is 0 Å². The van der Waals surface area contributed by atoms with E-state index in [1.54, 1.807) is 0 Å². The molecule has 3 heteroatoms. The second kappa shape index (κ2) is 2.96. The number of nitrogens with zero attached hydrogens (tertiary/aromatic N) is 3. The van der Waals surface area contributed by atoms with Gasteiger partial charge in [0.1, 0.15) is 12.5 Å². The first-order valence-corrected chi connectivity index (χ1v) is 4.49. The minimum atomic E-state index is 0.251. The van der Waals surface area contributed by atoms with E-state index in [0.717, 1.165) is 6.54 Å². The van der Waals surface area contributed by atoms with E-state index in [0.29, 0.717) is 6.17 Å². The van der Waals surface area contributed by atoms with Crippen LogP contribution in [0, 0.1) is 5.41 Å². The highest BCUT2D eigenvalue weighted by Crippen LogP contribution is 2.28. The molecule has 0 spiro atoms. The highest BCUT2D eigenvalue weighted by Gasteiger charge is 2.34. The maximum atomic E-state index is 4.32. The Morgan fingerprint density at radius 2 is 2.00 bits per heavy atom. The Kier molecular flexibility index (Phi) is 2.31. The van der Waals surface area contributed by atoms with Crippen LogP contribution >= 0.6 is 0 Å². The fourth-order valence-corrected chi connectivity index (χ4v) is 1.80. The smallest absolute Gasteiger partial charge is 0.123 e. The number of hydrogen-bond acceptors (Lipinski definition) is 3. The second-order valence-corrected chi connectivity index (χ2v) is 4.39. The third-order valence-corrected chi connectivity index (χ3v) is 2.15. The molecule has 0 aromatic rings. The maximum Gasteiger partial charge on any atom is 0.123 e. The van der Waals surface area contributed by atoms with Crippen molar-refractivity contribution in [2.24, 2.45) is 10.5 Å². The summed E-state index contributed by atoms with van der Waals surface area (Å²) in [5.74, 6) is 0. The summed E-state index contributed by atoms with van der Waals surface area (Å²) in [5.41, 5.74) is 0.251. The zero-order valence-electron chi connectivity index (χ0n) is 8.70. The first kappa shape index (κ1) is 9.36. The molecule has 0 bridgehead atoms. The van der Waals surface area contributed by atoms with Gasteiger partial charge in [0.05, 0.1) is 0 Å². The SMILES string of the molecule is CCN1N=CN(C)C1C(C)(C)C. The van der Waals surface area contributed by atoms with E-state index in [2.05, 4.69) is 49.8 Å². The van der Waals surface area contributed by atoms with Gasteiger partial charge in [-0.3, -0.25) is 5.01 Å². The minimum absolute atomic E-state index is 0.251. The molecule has 0 aromatic heterocycles. The summed E-state index contributed by atoms with van der Waals surface area (Å²) in [6.45, 7) is 9.83. The largest absolute Gasteiger partial charge is 0.342 e. The van der Waals surface area contributed by atoms with Gasteiger partial charge in [-0.25, -0.2) is 0 Å². The van der Waals surface area contributed by atoms with E-state index in [1.807, 2.05) is 6.34 Å². The summed E-state index contributed by atoms with van der Waals surface area (Å²) >= 11 is 0. The van der Waals surface area contributed by atoms with Crippen molar-refractivity contribution >= 4 is 6.34 Å². The highest BCUT2D eigenvalue weighted by molar-refractivity contribution is 5.56. The van der Waals surface area contributed by atoms with Crippen LogP contribution in [0.4, 0.5) is 0 Å². The molecule has 70 valence electrons. The van der Waals surface area contributed by atoms with Crippen LogP contribution in [0.5, 0.6) is 0 Å². The lowest BCUT2D eigenvalue weighted by molar-refractivity contribution is 0.0523. The topological polar surface area (TPSA) is 18.8 Å². The van der Waals surface area contributed by atoms with Crippen molar-refractivity contribution in [3.8, 4) is 0 Å². The highest BCUT2D eigenvalue weighted by atomic mass is 15.6. The zero-order chi connectivity index (χ0) is 9.35. The molecule has 1 unspecified atom stereocenters. The molecule has 0 saturated carbocycles. The molecule has 0 amide bonds. The van der Waals surface area contributed by atoms with Crippen molar-refractivity contribution in [3.05, 3.63) is 0 Å². The van der Waals surface area contributed by atoms with Gasteiger partial charge in [0.25, 0.3) is 0 Å².